The lowest BCUT2D eigenvalue weighted by molar-refractivity contribution is -0.120. The lowest BCUT2D eigenvalue weighted by Crippen LogP contribution is -2.19. The molecular weight excluding hydrogens is 457 g/mol. The van der Waals surface area contributed by atoms with Crippen molar-refractivity contribution in [3.63, 3.8) is 0 Å². The van der Waals surface area contributed by atoms with E-state index in [9.17, 15) is 4.79 Å². The van der Waals surface area contributed by atoms with Crippen molar-refractivity contribution in [1.29, 1.82) is 0 Å². The molecule has 0 saturated heterocycles. The quantitative estimate of drug-likeness (QED) is 0.260. The Bertz CT molecular complexity index is 1330. The number of fused-ring (bicyclic) bond motifs is 1. The molecule has 0 aliphatic rings. The molecule has 33 heavy (non-hydrogen) atoms. The van der Waals surface area contributed by atoms with E-state index in [2.05, 4.69) is 21.2 Å². The third-order valence-electron chi connectivity index (χ3n) is 5.51. The highest BCUT2D eigenvalue weighted by atomic mass is 35.5. The standard InChI is InChI=1S/C26H23Cl2N3O2/c1-17-22(15-29-30-26(32)14-18-7-10-20(33-2)11-8-18)21-5-3-4-6-25(21)31(17)16-19-9-12-23(27)24(28)13-19/h3-13,15H,14,16H2,1-2H3,(H,30,32)/b29-15-. The van der Waals surface area contributed by atoms with Crippen LogP contribution in [0.2, 0.25) is 10.0 Å². The van der Waals surface area contributed by atoms with Gasteiger partial charge in [0, 0.05) is 28.7 Å². The fourth-order valence-corrected chi connectivity index (χ4v) is 4.10. The fraction of sp³-hybridized carbons (Fsp3) is 0.154. The monoisotopic (exact) mass is 479 g/mol. The SMILES string of the molecule is COc1ccc(CC(=O)N/N=C\c2c(C)n(Cc3ccc(Cl)c(Cl)c3)c3ccccc23)cc1. The van der Waals surface area contributed by atoms with E-state index >= 15 is 0 Å². The van der Waals surface area contributed by atoms with Crippen molar-refractivity contribution >= 4 is 46.2 Å². The van der Waals surface area contributed by atoms with Crippen molar-refractivity contribution in [3.8, 4) is 5.75 Å². The molecule has 0 spiro atoms. The van der Waals surface area contributed by atoms with Gasteiger partial charge in [0.25, 0.3) is 0 Å². The summed E-state index contributed by atoms with van der Waals surface area (Å²) in [7, 11) is 1.61. The first-order valence-electron chi connectivity index (χ1n) is 10.4. The lowest BCUT2D eigenvalue weighted by Gasteiger charge is -2.09. The molecular formula is C26H23Cl2N3O2. The first kappa shape index (κ1) is 22.9. The van der Waals surface area contributed by atoms with E-state index < -0.39 is 0 Å². The van der Waals surface area contributed by atoms with Crippen LogP contribution in [0.4, 0.5) is 0 Å². The highest BCUT2D eigenvalue weighted by molar-refractivity contribution is 6.42. The maximum atomic E-state index is 12.3. The molecule has 0 unspecified atom stereocenters. The van der Waals surface area contributed by atoms with Gasteiger partial charge in [-0.25, -0.2) is 5.43 Å². The highest BCUT2D eigenvalue weighted by Gasteiger charge is 2.13. The molecule has 7 heteroatoms. The molecule has 3 aromatic carbocycles. The first-order chi connectivity index (χ1) is 16.0. The summed E-state index contributed by atoms with van der Waals surface area (Å²) in [5.41, 5.74) is 7.63. The number of ether oxygens (including phenoxy) is 1. The summed E-state index contributed by atoms with van der Waals surface area (Å²) in [5.74, 6) is 0.568. The van der Waals surface area contributed by atoms with Crippen LogP contribution in [-0.4, -0.2) is 23.8 Å². The number of amides is 1. The molecule has 0 fully saturated rings. The maximum Gasteiger partial charge on any atom is 0.244 e. The van der Waals surface area contributed by atoms with Gasteiger partial charge in [0.05, 0.1) is 29.8 Å². The molecule has 5 nitrogen and oxygen atoms in total. The van der Waals surface area contributed by atoms with Crippen LogP contribution >= 0.6 is 23.2 Å². The molecule has 0 saturated carbocycles. The van der Waals surface area contributed by atoms with Gasteiger partial charge >= 0.3 is 0 Å². The van der Waals surface area contributed by atoms with E-state index in [0.29, 0.717) is 16.6 Å². The predicted molar refractivity (Wildman–Crippen MR) is 135 cm³/mol. The second kappa shape index (κ2) is 10.1. The Labute approximate surface area is 202 Å². The third kappa shape index (κ3) is 5.21. The molecule has 0 atom stereocenters. The summed E-state index contributed by atoms with van der Waals surface area (Å²) >= 11 is 12.3. The van der Waals surface area contributed by atoms with E-state index in [4.69, 9.17) is 27.9 Å². The zero-order valence-electron chi connectivity index (χ0n) is 18.3. The van der Waals surface area contributed by atoms with Crippen LogP contribution in [0.15, 0.2) is 71.8 Å². The summed E-state index contributed by atoms with van der Waals surface area (Å²) in [5, 5.41) is 6.35. The minimum Gasteiger partial charge on any atom is -0.497 e. The number of nitrogens with zero attached hydrogens (tertiary/aromatic N) is 2. The zero-order valence-corrected chi connectivity index (χ0v) is 19.8. The predicted octanol–water partition coefficient (Wildman–Crippen LogP) is 6.01. The Kier molecular flexibility index (Phi) is 7.02. The van der Waals surface area contributed by atoms with Crippen molar-refractivity contribution in [2.24, 2.45) is 5.10 Å². The first-order valence-corrected chi connectivity index (χ1v) is 11.2. The van der Waals surface area contributed by atoms with Gasteiger partial charge in [-0.3, -0.25) is 4.79 Å². The van der Waals surface area contributed by atoms with Gasteiger partial charge in [0.2, 0.25) is 5.91 Å². The molecule has 0 radical (unpaired) electrons. The van der Waals surface area contributed by atoms with Gasteiger partial charge < -0.3 is 9.30 Å². The minimum absolute atomic E-state index is 0.186. The molecule has 0 aliphatic carbocycles. The van der Waals surface area contributed by atoms with Gasteiger partial charge in [0.1, 0.15) is 5.75 Å². The van der Waals surface area contributed by atoms with E-state index in [1.54, 1.807) is 19.4 Å². The zero-order chi connectivity index (χ0) is 23.4. The van der Waals surface area contributed by atoms with Crippen LogP contribution in [0.25, 0.3) is 10.9 Å². The van der Waals surface area contributed by atoms with Crippen molar-refractivity contribution < 1.29 is 9.53 Å². The number of benzene rings is 3. The highest BCUT2D eigenvalue weighted by Crippen LogP contribution is 2.28. The van der Waals surface area contributed by atoms with Gasteiger partial charge in [-0.2, -0.15) is 5.10 Å². The van der Waals surface area contributed by atoms with Gasteiger partial charge in [0.15, 0.2) is 0 Å². The lowest BCUT2D eigenvalue weighted by atomic mass is 10.1. The van der Waals surface area contributed by atoms with Crippen molar-refractivity contribution in [2.45, 2.75) is 19.9 Å². The summed E-state index contributed by atoms with van der Waals surface area (Å²) in [6, 6.07) is 21.2. The molecule has 4 aromatic rings. The minimum atomic E-state index is -0.186. The van der Waals surface area contributed by atoms with Crippen LogP contribution in [0, 0.1) is 6.92 Å². The van der Waals surface area contributed by atoms with Crippen LogP contribution in [0.3, 0.4) is 0 Å². The maximum absolute atomic E-state index is 12.3. The molecule has 168 valence electrons. The van der Waals surface area contributed by atoms with Crippen molar-refractivity contribution in [2.75, 3.05) is 7.11 Å². The molecule has 0 bridgehead atoms. The van der Waals surface area contributed by atoms with E-state index in [1.165, 1.54) is 0 Å². The number of hydrogen-bond donors (Lipinski definition) is 1. The Hall–Kier alpha value is -3.28. The fourth-order valence-electron chi connectivity index (χ4n) is 3.78. The number of hydrogen-bond acceptors (Lipinski definition) is 3. The number of para-hydroxylation sites is 1. The Balaban J connectivity index is 1.53. The van der Waals surface area contributed by atoms with Crippen molar-refractivity contribution in [1.82, 2.24) is 9.99 Å². The van der Waals surface area contributed by atoms with Crippen LogP contribution in [-0.2, 0) is 17.8 Å². The summed E-state index contributed by atoms with van der Waals surface area (Å²) < 4.78 is 7.35. The average molecular weight is 480 g/mol. The van der Waals surface area contributed by atoms with Gasteiger partial charge in [-0.05, 0) is 48.4 Å². The number of rotatable bonds is 7. The molecule has 1 heterocycles. The smallest absolute Gasteiger partial charge is 0.244 e. The summed E-state index contributed by atoms with van der Waals surface area (Å²) in [4.78, 5) is 12.3. The van der Waals surface area contributed by atoms with Crippen LogP contribution in [0.5, 0.6) is 5.75 Å². The normalized spacial score (nSPS) is 11.3. The van der Waals surface area contributed by atoms with Gasteiger partial charge in [-0.15, -0.1) is 0 Å². The van der Waals surface area contributed by atoms with Crippen LogP contribution in [0.1, 0.15) is 22.4 Å². The average Bonchev–Trinajstić information content (AvgIpc) is 3.08. The summed E-state index contributed by atoms with van der Waals surface area (Å²) in [6.45, 7) is 2.68. The van der Waals surface area contributed by atoms with Crippen LogP contribution < -0.4 is 10.2 Å². The largest absolute Gasteiger partial charge is 0.497 e. The number of carbonyl (C=O) groups excluding carboxylic acids is 1. The topological polar surface area (TPSA) is 55.6 Å². The second-order valence-corrected chi connectivity index (χ2v) is 8.48. The number of halogens is 2. The number of methoxy groups -OCH3 is 1. The molecule has 0 aliphatic heterocycles. The van der Waals surface area contributed by atoms with E-state index in [1.807, 2.05) is 61.5 Å². The Morgan fingerprint density at radius 2 is 1.76 bits per heavy atom. The molecule has 1 N–H and O–H groups in total. The Morgan fingerprint density at radius 3 is 2.48 bits per heavy atom. The summed E-state index contributed by atoms with van der Waals surface area (Å²) in [6.07, 6.45) is 1.94. The number of carbonyl (C=O) groups is 1. The molecule has 1 aromatic heterocycles. The van der Waals surface area contributed by atoms with E-state index in [0.717, 1.165) is 39.0 Å². The number of aromatic nitrogens is 1. The van der Waals surface area contributed by atoms with Gasteiger partial charge in [-0.1, -0.05) is 59.6 Å². The van der Waals surface area contributed by atoms with E-state index in [-0.39, 0.29) is 12.3 Å². The number of nitrogens with one attached hydrogen (secondary N) is 1. The van der Waals surface area contributed by atoms with Crippen molar-refractivity contribution in [3.05, 3.63) is 99.2 Å². The Morgan fingerprint density at radius 1 is 1.03 bits per heavy atom. The molecule has 4 rings (SSSR count). The number of hydrazone groups is 1. The third-order valence-corrected chi connectivity index (χ3v) is 6.25. The second-order valence-electron chi connectivity index (χ2n) is 7.67. The molecule has 1 amide bonds.